The number of hydrogen-bond acceptors (Lipinski definition) is 6. The number of likely N-dealkylation sites (tertiary alicyclic amines) is 1. The number of nitrogens with zero attached hydrogens (tertiary/aromatic N) is 3. The molecule has 3 aliphatic heterocycles. The third kappa shape index (κ3) is 6.21. The van der Waals surface area contributed by atoms with Crippen LogP contribution in [0.4, 0.5) is 5.69 Å². The number of piperidine rings is 1. The molecule has 4 rings (SSSR count). The van der Waals surface area contributed by atoms with Crippen LogP contribution in [0, 0.1) is 5.41 Å². The number of sulfonamides is 1. The van der Waals surface area contributed by atoms with Gasteiger partial charge in [0.1, 0.15) is 0 Å². The summed E-state index contributed by atoms with van der Waals surface area (Å²) in [4.78, 5) is 31.6. The Bertz CT molecular complexity index is 1000. The van der Waals surface area contributed by atoms with Crippen LogP contribution >= 0.6 is 11.6 Å². The lowest BCUT2D eigenvalue weighted by Crippen LogP contribution is -2.48. The van der Waals surface area contributed by atoms with E-state index in [9.17, 15) is 18.0 Å². The molecule has 9 nitrogen and oxygen atoms in total. The van der Waals surface area contributed by atoms with Crippen molar-refractivity contribution in [1.82, 2.24) is 19.8 Å². The van der Waals surface area contributed by atoms with E-state index in [2.05, 4.69) is 25.9 Å². The van der Waals surface area contributed by atoms with E-state index in [0.29, 0.717) is 25.9 Å². The van der Waals surface area contributed by atoms with Crippen molar-refractivity contribution in [3.8, 4) is 0 Å². The van der Waals surface area contributed by atoms with Crippen molar-refractivity contribution in [2.24, 2.45) is 5.41 Å². The Kier molecular flexibility index (Phi) is 7.71. The lowest BCUT2D eigenvalue weighted by atomic mass is 9.75. The molecule has 2 amide bonds. The smallest absolute Gasteiger partial charge is 0.237 e. The molecule has 0 aromatic heterocycles. The van der Waals surface area contributed by atoms with Crippen LogP contribution in [0.5, 0.6) is 0 Å². The van der Waals surface area contributed by atoms with Gasteiger partial charge >= 0.3 is 0 Å². The number of hydrogen-bond donors (Lipinski definition) is 2. The van der Waals surface area contributed by atoms with Gasteiger partial charge in [-0.25, -0.2) is 13.1 Å². The molecular weight excluding hydrogens is 478 g/mol. The zero-order valence-corrected chi connectivity index (χ0v) is 21.2. The van der Waals surface area contributed by atoms with Crippen molar-refractivity contribution in [1.29, 1.82) is 0 Å². The third-order valence-corrected chi connectivity index (χ3v) is 8.26. The normalized spacial score (nSPS) is 23.4. The summed E-state index contributed by atoms with van der Waals surface area (Å²) in [5.41, 5.74) is 0.755. The second kappa shape index (κ2) is 10.4. The van der Waals surface area contributed by atoms with Crippen molar-refractivity contribution < 1.29 is 18.0 Å². The molecule has 1 unspecified atom stereocenters. The van der Waals surface area contributed by atoms with Crippen LogP contribution in [-0.4, -0.2) is 94.7 Å². The Morgan fingerprint density at radius 3 is 2.53 bits per heavy atom. The minimum atomic E-state index is -3.40. The van der Waals surface area contributed by atoms with Gasteiger partial charge < -0.3 is 15.1 Å². The summed E-state index contributed by atoms with van der Waals surface area (Å²) in [5, 5.41) is 3.95. The Balaban J connectivity index is 1.20. The van der Waals surface area contributed by atoms with Crippen LogP contribution < -0.4 is 14.9 Å². The molecule has 2 N–H and O–H groups in total. The molecule has 0 saturated carbocycles. The first-order valence-corrected chi connectivity index (χ1v) is 14.2. The van der Waals surface area contributed by atoms with Gasteiger partial charge in [-0.3, -0.25) is 14.5 Å². The zero-order chi connectivity index (χ0) is 24.3. The summed E-state index contributed by atoms with van der Waals surface area (Å²) in [6.45, 7) is 5.57. The number of carbonyl (C=O) groups is 2. The van der Waals surface area contributed by atoms with Crippen LogP contribution in [0.25, 0.3) is 0 Å². The highest BCUT2D eigenvalue weighted by Gasteiger charge is 2.48. The number of anilines is 1. The van der Waals surface area contributed by atoms with Gasteiger partial charge in [0, 0.05) is 62.6 Å². The van der Waals surface area contributed by atoms with Gasteiger partial charge in [0.25, 0.3) is 0 Å². The Morgan fingerprint density at radius 1 is 1.18 bits per heavy atom. The van der Waals surface area contributed by atoms with Crippen LogP contribution in [0.3, 0.4) is 0 Å². The van der Waals surface area contributed by atoms with Gasteiger partial charge in [0.15, 0.2) is 0 Å². The highest BCUT2D eigenvalue weighted by Crippen LogP contribution is 2.41. The first kappa shape index (κ1) is 25.2. The molecule has 3 saturated heterocycles. The number of piperazine rings is 1. The first-order valence-electron chi connectivity index (χ1n) is 11.9. The van der Waals surface area contributed by atoms with E-state index in [1.165, 1.54) is 0 Å². The number of carbonyl (C=O) groups excluding carboxylic acids is 2. The fraction of sp³-hybridized carbons (Fsp3) is 0.652. The van der Waals surface area contributed by atoms with E-state index in [-0.39, 0.29) is 24.4 Å². The summed E-state index contributed by atoms with van der Waals surface area (Å²) in [6.07, 6.45) is 4.01. The molecule has 0 bridgehead atoms. The van der Waals surface area contributed by atoms with Crippen LogP contribution in [0.1, 0.15) is 25.7 Å². The zero-order valence-electron chi connectivity index (χ0n) is 19.6. The van der Waals surface area contributed by atoms with Gasteiger partial charge in [-0.1, -0.05) is 17.7 Å². The Hall–Kier alpha value is -1.88. The second-order valence-electron chi connectivity index (χ2n) is 9.73. The van der Waals surface area contributed by atoms with E-state index >= 15 is 0 Å². The van der Waals surface area contributed by atoms with E-state index < -0.39 is 15.4 Å². The van der Waals surface area contributed by atoms with Crippen LogP contribution in [0.2, 0.25) is 5.02 Å². The number of benzene rings is 1. The fourth-order valence-electron chi connectivity index (χ4n) is 5.29. The third-order valence-electron chi connectivity index (χ3n) is 7.35. The van der Waals surface area contributed by atoms with E-state index in [1.54, 1.807) is 4.90 Å². The number of rotatable bonds is 7. The summed E-state index contributed by atoms with van der Waals surface area (Å²) in [6, 6.07) is 8.13. The molecule has 3 heterocycles. The molecule has 3 aliphatic rings. The SMILES string of the molecule is CS(=O)(=O)NCC(=O)N1CCC2(CC1)CC(CCN1CCN(c3cccc(Cl)c3)CC1)NC2=O. The summed E-state index contributed by atoms with van der Waals surface area (Å²) < 4.78 is 24.7. The average molecular weight is 512 g/mol. The van der Waals surface area contributed by atoms with Crippen molar-refractivity contribution in [3.05, 3.63) is 29.3 Å². The van der Waals surface area contributed by atoms with E-state index in [0.717, 1.165) is 62.5 Å². The first-order chi connectivity index (χ1) is 16.1. The van der Waals surface area contributed by atoms with E-state index in [1.807, 2.05) is 18.2 Å². The molecule has 0 aliphatic carbocycles. The van der Waals surface area contributed by atoms with Crippen molar-refractivity contribution in [3.63, 3.8) is 0 Å². The second-order valence-corrected chi connectivity index (χ2v) is 12.0. The van der Waals surface area contributed by atoms with Gasteiger partial charge in [0.2, 0.25) is 21.8 Å². The maximum atomic E-state index is 12.8. The molecule has 1 spiro atoms. The predicted molar refractivity (Wildman–Crippen MR) is 132 cm³/mol. The van der Waals surface area contributed by atoms with Gasteiger partial charge in [-0.05, 0) is 43.9 Å². The minimum Gasteiger partial charge on any atom is -0.369 e. The molecule has 0 radical (unpaired) electrons. The lowest BCUT2D eigenvalue weighted by Gasteiger charge is -2.38. The Morgan fingerprint density at radius 2 is 1.88 bits per heavy atom. The highest BCUT2D eigenvalue weighted by molar-refractivity contribution is 7.88. The Labute approximate surface area is 206 Å². The summed E-state index contributed by atoms with van der Waals surface area (Å²) >= 11 is 6.13. The van der Waals surface area contributed by atoms with Crippen molar-refractivity contribution in [2.75, 3.05) is 63.5 Å². The fourth-order valence-corrected chi connectivity index (χ4v) is 5.86. The number of halogens is 1. The molecule has 1 aromatic rings. The molecule has 11 heteroatoms. The van der Waals surface area contributed by atoms with Crippen LogP contribution in [0.15, 0.2) is 24.3 Å². The van der Waals surface area contributed by atoms with Crippen molar-refractivity contribution >= 4 is 39.1 Å². The van der Waals surface area contributed by atoms with Crippen molar-refractivity contribution in [2.45, 2.75) is 31.7 Å². The lowest BCUT2D eigenvalue weighted by molar-refractivity contribution is -0.137. The quantitative estimate of drug-likeness (QED) is 0.564. The maximum Gasteiger partial charge on any atom is 0.237 e. The summed E-state index contributed by atoms with van der Waals surface area (Å²) in [7, 11) is -3.40. The molecule has 1 atom stereocenters. The molecule has 1 aromatic carbocycles. The number of nitrogens with one attached hydrogen (secondary N) is 2. The molecule has 34 heavy (non-hydrogen) atoms. The summed E-state index contributed by atoms with van der Waals surface area (Å²) in [5.74, 6) is -0.142. The van der Waals surface area contributed by atoms with E-state index in [4.69, 9.17) is 11.6 Å². The van der Waals surface area contributed by atoms with Crippen LogP contribution in [-0.2, 0) is 19.6 Å². The van der Waals surface area contributed by atoms with Gasteiger partial charge in [-0.15, -0.1) is 0 Å². The maximum absolute atomic E-state index is 12.8. The average Bonchev–Trinajstić information content (AvgIpc) is 3.11. The highest BCUT2D eigenvalue weighted by atomic mass is 35.5. The molecule has 3 fully saturated rings. The minimum absolute atomic E-state index is 0.102. The molecule has 188 valence electrons. The predicted octanol–water partition coefficient (Wildman–Crippen LogP) is 0.899. The van der Waals surface area contributed by atoms with Gasteiger partial charge in [0.05, 0.1) is 18.2 Å². The topological polar surface area (TPSA) is 102 Å². The standard InChI is InChI=1S/C23H34ClN5O4S/c1-34(32,33)25-17-21(30)29-9-6-23(7-10-29)16-19(26-22(23)31)5-8-27-11-13-28(14-12-27)20-4-2-3-18(24)15-20/h2-4,15,19,25H,5-14,16-17H2,1H3,(H,26,31). The monoisotopic (exact) mass is 511 g/mol. The molecular formula is C23H34ClN5O4S. The van der Waals surface area contributed by atoms with Gasteiger partial charge in [-0.2, -0.15) is 0 Å². The largest absolute Gasteiger partial charge is 0.369 e. The number of amides is 2.